The molecule has 150 valence electrons. The average molecular weight is 443 g/mol. The Bertz CT molecular complexity index is 1350. The van der Waals surface area contributed by atoms with E-state index in [0.29, 0.717) is 10.7 Å². The van der Waals surface area contributed by atoms with Crippen molar-refractivity contribution < 1.29 is 13.5 Å². The summed E-state index contributed by atoms with van der Waals surface area (Å²) in [6.45, 7) is 2.07. The van der Waals surface area contributed by atoms with Crippen LogP contribution in [0, 0.1) is 18.6 Å². The van der Waals surface area contributed by atoms with Crippen LogP contribution < -0.4 is 4.74 Å². The Labute approximate surface area is 175 Å². The summed E-state index contributed by atoms with van der Waals surface area (Å²) in [4.78, 5) is 17.8. The lowest BCUT2D eigenvalue weighted by atomic mass is 10.2. The fraction of sp³-hybridized carbons (Fsp3) is 0.111. The molecule has 0 radical (unpaired) electrons. The molecule has 0 aliphatic heterocycles. The van der Waals surface area contributed by atoms with Crippen molar-refractivity contribution in [3.05, 3.63) is 52.2 Å². The smallest absolute Gasteiger partial charge is 0.316 e. The largest absolute Gasteiger partial charge is 0.456 e. The number of H-pyrrole nitrogens is 1. The lowest BCUT2D eigenvalue weighted by molar-refractivity contribution is 0.280. The maximum Gasteiger partial charge on any atom is 0.316 e. The second kappa shape index (κ2) is 7.46. The van der Waals surface area contributed by atoms with E-state index in [9.17, 15) is 8.78 Å². The molecule has 8 nitrogen and oxygen atoms in total. The Morgan fingerprint density at radius 1 is 1.10 bits per heavy atom. The second-order valence-electron chi connectivity index (χ2n) is 6.12. The Hall–Kier alpha value is -3.38. The van der Waals surface area contributed by atoms with Crippen LogP contribution in [0.3, 0.4) is 0 Å². The maximum absolute atomic E-state index is 14.8. The molecular weight excluding hydrogens is 432 g/mol. The number of hydrogen-bond acceptors (Lipinski definition) is 9. The van der Waals surface area contributed by atoms with Gasteiger partial charge in [0.2, 0.25) is 0 Å². The SMILES string of the molecule is Cc1nc(COc2ncccn2)sc1-c1csc(-c2cc(F)c3n[nH]nc3c2F)n1. The minimum absolute atomic E-state index is 0.0390. The first kappa shape index (κ1) is 18.6. The van der Waals surface area contributed by atoms with Crippen LogP contribution in [0.5, 0.6) is 6.01 Å². The molecule has 0 aliphatic rings. The molecule has 5 aromatic rings. The van der Waals surface area contributed by atoms with E-state index in [1.165, 1.54) is 22.7 Å². The van der Waals surface area contributed by atoms with Crippen molar-refractivity contribution in [2.75, 3.05) is 0 Å². The highest BCUT2D eigenvalue weighted by Gasteiger charge is 2.20. The third-order valence-electron chi connectivity index (χ3n) is 4.16. The number of aryl methyl sites for hydroxylation is 1. The summed E-state index contributed by atoms with van der Waals surface area (Å²) in [5.74, 6) is -1.33. The van der Waals surface area contributed by atoms with E-state index in [4.69, 9.17) is 4.74 Å². The molecule has 0 saturated heterocycles. The van der Waals surface area contributed by atoms with Crippen LogP contribution in [0.1, 0.15) is 10.7 Å². The van der Waals surface area contributed by atoms with Gasteiger partial charge in [0.1, 0.15) is 16.6 Å². The number of rotatable bonds is 5. The van der Waals surface area contributed by atoms with Gasteiger partial charge in [0, 0.05) is 17.8 Å². The first-order chi connectivity index (χ1) is 14.6. The van der Waals surface area contributed by atoms with Gasteiger partial charge in [-0.25, -0.2) is 28.7 Å². The lowest BCUT2D eigenvalue weighted by Crippen LogP contribution is -1.98. The van der Waals surface area contributed by atoms with Crippen LogP contribution in [0.2, 0.25) is 0 Å². The summed E-state index contributed by atoms with van der Waals surface area (Å²) in [5.41, 5.74) is 1.14. The van der Waals surface area contributed by atoms with Crippen molar-refractivity contribution in [1.82, 2.24) is 35.3 Å². The highest BCUT2D eigenvalue weighted by atomic mass is 32.1. The van der Waals surface area contributed by atoms with E-state index in [2.05, 4.69) is 35.3 Å². The van der Waals surface area contributed by atoms with Gasteiger partial charge in [-0.05, 0) is 19.1 Å². The molecule has 0 spiro atoms. The quantitative estimate of drug-likeness (QED) is 0.435. The number of benzene rings is 1. The van der Waals surface area contributed by atoms with Gasteiger partial charge in [0.25, 0.3) is 0 Å². The molecule has 0 bridgehead atoms. The van der Waals surface area contributed by atoms with E-state index in [0.717, 1.165) is 21.6 Å². The first-order valence-electron chi connectivity index (χ1n) is 8.61. The van der Waals surface area contributed by atoms with Crippen LogP contribution >= 0.6 is 22.7 Å². The zero-order valence-corrected chi connectivity index (χ0v) is 16.9. The van der Waals surface area contributed by atoms with Crippen molar-refractivity contribution in [3.8, 4) is 27.2 Å². The van der Waals surface area contributed by atoms with E-state index < -0.39 is 11.6 Å². The number of fused-ring (bicyclic) bond motifs is 1. The highest BCUT2D eigenvalue weighted by Crippen LogP contribution is 2.36. The molecule has 0 unspecified atom stereocenters. The van der Waals surface area contributed by atoms with Crippen LogP contribution in [0.25, 0.3) is 32.2 Å². The molecule has 5 rings (SSSR count). The molecule has 1 N–H and O–H groups in total. The van der Waals surface area contributed by atoms with Gasteiger partial charge >= 0.3 is 6.01 Å². The van der Waals surface area contributed by atoms with Crippen LogP contribution in [0.15, 0.2) is 29.9 Å². The number of ether oxygens (including phenoxy) is 1. The maximum atomic E-state index is 14.8. The Morgan fingerprint density at radius 2 is 1.90 bits per heavy atom. The number of nitrogens with zero attached hydrogens (tertiary/aromatic N) is 6. The van der Waals surface area contributed by atoms with E-state index in [1.54, 1.807) is 23.8 Å². The summed E-state index contributed by atoms with van der Waals surface area (Å²) >= 11 is 2.62. The van der Waals surface area contributed by atoms with Gasteiger partial charge < -0.3 is 4.74 Å². The van der Waals surface area contributed by atoms with Crippen LogP contribution in [-0.2, 0) is 6.61 Å². The number of hydrogen-bond donors (Lipinski definition) is 1. The second-order valence-corrected chi connectivity index (χ2v) is 8.06. The van der Waals surface area contributed by atoms with Crippen LogP contribution in [0.4, 0.5) is 8.78 Å². The van der Waals surface area contributed by atoms with Gasteiger partial charge in [-0.15, -0.1) is 22.7 Å². The number of nitrogens with one attached hydrogen (secondary N) is 1. The van der Waals surface area contributed by atoms with Gasteiger partial charge in [-0.2, -0.15) is 15.4 Å². The molecule has 0 aliphatic carbocycles. The molecule has 0 saturated carbocycles. The molecule has 0 fully saturated rings. The number of aromatic nitrogens is 7. The monoisotopic (exact) mass is 443 g/mol. The summed E-state index contributed by atoms with van der Waals surface area (Å²) in [7, 11) is 0. The number of aromatic amines is 1. The van der Waals surface area contributed by atoms with Crippen LogP contribution in [-0.4, -0.2) is 35.3 Å². The molecule has 1 aromatic carbocycles. The van der Waals surface area contributed by atoms with Gasteiger partial charge in [0.05, 0.1) is 21.8 Å². The molecule has 0 atom stereocenters. The topological polar surface area (TPSA) is 102 Å². The standard InChI is InChI=1S/C18H11F2N7OS2/c1-8-16(30-12(23-8)6-28-18-21-3-2-4-22-18)11-7-29-17(24-11)9-5-10(19)14-15(13(9)20)26-27-25-14/h2-5,7H,6H2,1H3,(H,25,26,27). The van der Waals surface area contributed by atoms with E-state index in [-0.39, 0.29) is 29.2 Å². The molecule has 4 aromatic heterocycles. The lowest BCUT2D eigenvalue weighted by Gasteiger charge is -2.00. The summed E-state index contributed by atoms with van der Waals surface area (Å²) in [6, 6.07) is 3.05. The minimum atomic E-state index is -0.668. The van der Waals surface area contributed by atoms with Gasteiger partial charge in [-0.1, -0.05) is 0 Å². The Balaban J connectivity index is 1.43. The van der Waals surface area contributed by atoms with E-state index >= 15 is 0 Å². The zero-order chi connectivity index (χ0) is 20.7. The first-order valence-corrected chi connectivity index (χ1v) is 10.3. The van der Waals surface area contributed by atoms with Crippen molar-refractivity contribution in [3.63, 3.8) is 0 Å². The highest BCUT2D eigenvalue weighted by molar-refractivity contribution is 7.16. The fourth-order valence-corrected chi connectivity index (χ4v) is 4.67. The molecule has 0 amide bonds. The molecule has 30 heavy (non-hydrogen) atoms. The minimum Gasteiger partial charge on any atom is -0.456 e. The predicted octanol–water partition coefficient (Wildman–Crippen LogP) is 4.16. The van der Waals surface area contributed by atoms with Gasteiger partial charge in [0.15, 0.2) is 22.7 Å². The van der Waals surface area contributed by atoms with E-state index in [1.807, 2.05) is 6.92 Å². The Morgan fingerprint density at radius 3 is 2.73 bits per heavy atom. The molecule has 4 heterocycles. The predicted molar refractivity (Wildman–Crippen MR) is 107 cm³/mol. The van der Waals surface area contributed by atoms with Gasteiger partial charge in [-0.3, -0.25) is 0 Å². The summed E-state index contributed by atoms with van der Waals surface area (Å²) < 4.78 is 34.5. The third-order valence-corrected chi connectivity index (χ3v) is 6.19. The third kappa shape index (κ3) is 3.29. The Kier molecular flexibility index (Phi) is 4.64. The molecule has 12 heteroatoms. The van der Waals surface area contributed by atoms with Crippen molar-refractivity contribution >= 4 is 33.7 Å². The summed E-state index contributed by atoms with van der Waals surface area (Å²) in [6.07, 6.45) is 3.19. The molecular formula is C18H11F2N7OS2. The normalized spacial score (nSPS) is 11.3. The van der Waals surface area contributed by atoms with Crippen molar-refractivity contribution in [2.24, 2.45) is 0 Å². The number of thiazole rings is 2. The average Bonchev–Trinajstić information content (AvgIpc) is 3.49. The van der Waals surface area contributed by atoms with Crippen molar-refractivity contribution in [1.29, 1.82) is 0 Å². The van der Waals surface area contributed by atoms with Crippen molar-refractivity contribution in [2.45, 2.75) is 13.5 Å². The number of halogens is 2. The summed E-state index contributed by atoms with van der Waals surface area (Å²) in [5, 5.41) is 12.4. The zero-order valence-electron chi connectivity index (χ0n) is 15.3. The fourth-order valence-electron chi connectivity index (χ4n) is 2.83.